The van der Waals surface area contributed by atoms with Crippen molar-refractivity contribution in [3.05, 3.63) is 121 Å². The molecule has 0 radical (unpaired) electrons. The van der Waals surface area contributed by atoms with Crippen LogP contribution in [0.15, 0.2) is 109 Å². The summed E-state index contributed by atoms with van der Waals surface area (Å²) in [5.74, 6) is 4.05. The highest BCUT2D eigenvalue weighted by molar-refractivity contribution is 5.88. The van der Waals surface area contributed by atoms with Crippen LogP contribution in [0.1, 0.15) is 42.5 Å². The van der Waals surface area contributed by atoms with Gasteiger partial charge in [-0.25, -0.2) is 15.0 Å². The van der Waals surface area contributed by atoms with Crippen molar-refractivity contribution in [2.45, 2.75) is 37.2 Å². The molecule has 0 N–H and O–H groups in total. The topological polar surface area (TPSA) is 47.9 Å². The molecule has 188 valence electrons. The first-order valence-corrected chi connectivity index (χ1v) is 13.8. The Morgan fingerprint density at radius 1 is 0.564 bits per heavy atom. The fourth-order valence-electron chi connectivity index (χ4n) is 6.40. The van der Waals surface area contributed by atoms with Gasteiger partial charge >= 0.3 is 0 Å². The van der Waals surface area contributed by atoms with Gasteiger partial charge in [0.1, 0.15) is 17.7 Å². The van der Waals surface area contributed by atoms with Crippen molar-refractivity contribution in [1.82, 2.24) is 15.0 Å². The third kappa shape index (κ3) is 3.95. The van der Waals surface area contributed by atoms with Gasteiger partial charge in [-0.2, -0.15) is 0 Å². The minimum atomic E-state index is 0.172. The van der Waals surface area contributed by atoms with Crippen molar-refractivity contribution in [3.8, 4) is 28.5 Å². The Morgan fingerprint density at radius 2 is 1.15 bits per heavy atom. The number of ether oxygens (including phenoxy) is 1. The summed E-state index contributed by atoms with van der Waals surface area (Å²) in [5.41, 5.74) is 3.38. The second-order valence-electron chi connectivity index (χ2n) is 10.8. The van der Waals surface area contributed by atoms with E-state index >= 15 is 0 Å². The first-order valence-electron chi connectivity index (χ1n) is 13.8. The van der Waals surface area contributed by atoms with Crippen molar-refractivity contribution >= 4 is 21.5 Å². The van der Waals surface area contributed by atoms with Crippen molar-refractivity contribution in [2.24, 2.45) is 0 Å². The summed E-state index contributed by atoms with van der Waals surface area (Å²) in [6.45, 7) is 0. The number of para-hydroxylation sites is 1. The molecule has 5 aromatic carbocycles. The molecule has 0 spiro atoms. The van der Waals surface area contributed by atoms with E-state index in [0.29, 0.717) is 5.92 Å². The standard InChI is InChI=1S/C35H27N3O/c1-3-9-24-19-26(15-13-22(24)7-1)33-36-34(27-16-14-23-8-2-4-10-25(23)20-27)38-35(37-33)28-17-18-30-29-11-5-6-12-31(29)39-32(30)21-28/h1-16,19-20,28,30,32H,17-18,21H2. The molecule has 8 rings (SSSR count). The van der Waals surface area contributed by atoms with Gasteiger partial charge < -0.3 is 4.74 Å². The van der Waals surface area contributed by atoms with E-state index in [9.17, 15) is 0 Å². The third-order valence-electron chi connectivity index (χ3n) is 8.42. The number of fused-ring (bicyclic) bond motifs is 5. The number of aromatic nitrogens is 3. The summed E-state index contributed by atoms with van der Waals surface area (Å²) >= 11 is 0. The van der Waals surface area contributed by atoms with Crippen LogP contribution in [-0.4, -0.2) is 21.1 Å². The van der Waals surface area contributed by atoms with Gasteiger partial charge in [0.25, 0.3) is 0 Å². The van der Waals surface area contributed by atoms with E-state index in [4.69, 9.17) is 19.7 Å². The minimum absolute atomic E-state index is 0.172. The Hall–Kier alpha value is -4.57. The summed E-state index contributed by atoms with van der Waals surface area (Å²) in [5, 5.41) is 4.78. The molecule has 0 saturated heterocycles. The summed E-state index contributed by atoms with van der Waals surface area (Å²) in [6, 6.07) is 38.3. The Morgan fingerprint density at radius 3 is 1.82 bits per heavy atom. The van der Waals surface area contributed by atoms with Crippen LogP contribution in [0.25, 0.3) is 44.3 Å². The molecular formula is C35H27N3O. The van der Waals surface area contributed by atoms with E-state index in [-0.39, 0.29) is 12.0 Å². The van der Waals surface area contributed by atoms with Crippen LogP contribution in [0.4, 0.5) is 0 Å². The number of hydrogen-bond acceptors (Lipinski definition) is 4. The fourth-order valence-corrected chi connectivity index (χ4v) is 6.40. The molecule has 0 amide bonds. The molecule has 2 heterocycles. The monoisotopic (exact) mass is 505 g/mol. The largest absolute Gasteiger partial charge is 0.489 e. The molecule has 1 aliphatic heterocycles. The van der Waals surface area contributed by atoms with Gasteiger partial charge in [0.05, 0.1) is 0 Å². The first kappa shape index (κ1) is 22.4. The lowest BCUT2D eigenvalue weighted by Gasteiger charge is -2.30. The number of hydrogen-bond donors (Lipinski definition) is 0. The molecular weight excluding hydrogens is 478 g/mol. The quantitative estimate of drug-likeness (QED) is 0.243. The lowest BCUT2D eigenvalue weighted by molar-refractivity contribution is 0.149. The van der Waals surface area contributed by atoms with Gasteiger partial charge in [-0.05, 0) is 59.0 Å². The lowest BCUT2D eigenvalue weighted by Crippen LogP contribution is -2.28. The molecule has 1 aromatic heterocycles. The fraction of sp³-hybridized carbons (Fsp3) is 0.171. The maximum Gasteiger partial charge on any atom is 0.163 e. The number of nitrogens with zero attached hydrogens (tertiary/aromatic N) is 3. The highest BCUT2D eigenvalue weighted by Gasteiger charge is 2.40. The van der Waals surface area contributed by atoms with E-state index in [1.807, 2.05) is 0 Å². The molecule has 1 aliphatic carbocycles. The molecule has 4 heteroatoms. The van der Waals surface area contributed by atoms with Crippen LogP contribution >= 0.6 is 0 Å². The zero-order valence-electron chi connectivity index (χ0n) is 21.5. The SMILES string of the molecule is c1ccc2c(c1)OC1CC(c3nc(-c4ccc5ccccc5c4)nc(-c4ccc5ccccc5c4)n3)CCC21. The van der Waals surface area contributed by atoms with Crippen LogP contribution < -0.4 is 4.74 Å². The lowest BCUT2D eigenvalue weighted by atomic mass is 9.77. The van der Waals surface area contributed by atoms with Gasteiger partial charge in [-0.1, -0.05) is 91.0 Å². The number of benzene rings is 5. The maximum absolute atomic E-state index is 6.42. The van der Waals surface area contributed by atoms with Gasteiger partial charge in [0.2, 0.25) is 0 Å². The van der Waals surface area contributed by atoms with Crippen molar-refractivity contribution < 1.29 is 4.74 Å². The smallest absolute Gasteiger partial charge is 0.163 e. The minimum Gasteiger partial charge on any atom is -0.489 e. The van der Waals surface area contributed by atoms with Crippen LogP contribution in [0.3, 0.4) is 0 Å². The van der Waals surface area contributed by atoms with Crippen LogP contribution in [-0.2, 0) is 0 Å². The van der Waals surface area contributed by atoms with E-state index in [2.05, 4.69) is 109 Å². The van der Waals surface area contributed by atoms with Crippen LogP contribution in [0.5, 0.6) is 5.75 Å². The Kier molecular flexibility index (Phi) is 5.19. The van der Waals surface area contributed by atoms with Gasteiger partial charge in [-0.3, -0.25) is 0 Å². The van der Waals surface area contributed by atoms with E-state index < -0.39 is 0 Å². The molecule has 1 fully saturated rings. The zero-order chi connectivity index (χ0) is 25.8. The van der Waals surface area contributed by atoms with E-state index in [0.717, 1.165) is 53.6 Å². The summed E-state index contributed by atoms with van der Waals surface area (Å²) in [6.07, 6.45) is 3.20. The molecule has 3 unspecified atom stereocenters. The maximum atomic E-state index is 6.42. The van der Waals surface area contributed by atoms with E-state index in [1.165, 1.54) is 27.1 Å². The Bertz CT molecular complexity index is 1770. The normalized spacial score (nSPS) is 19.9. The average Bonchev–Trinajstić information content (AvgIpc) is 3.38. The molecule has 6 aromatic rings. The van der Waals surface area contributed by atoms with Gasteiger partial charge in [0, 0.05) is 28.5 Å². The Labute approximate surface area is 227 Å². The molecule has 3 atom stereocenters. The average molecular weight is 506 g/mol. The van der Waals surface area contributed by atoms with Crippen molar-refractivity contribution in [3.63, 3.8) is 0 Å². The van der Waals surface area contributed by atoms with E-state index in [1.54, 1.807) is 0 Å². The highest BCUT2D eigenvalue weighted by Crippen LogP contribution is 2.48. The second kappa shape index (κ2) is 9.02. The van der Waals surface area contributed by atoms with Crippen molar-refractivity contribution in [2.75, 3.05) is 0 Å². The molecule has 4 nitrogen and oxygen atoms in total. The molecule has 1 saturated carbocycles. The third-order valence-corrected chi connectivity index (χ3v) is 8.42. The van der Waals surface area contributed by atoms with Gasteiger partial charge in [-0.15, -0.1) is 0 Å². The zero-order valence-corrected chi connectivity index (χ0v) is 21.5. The summed E-state index contributed by atoms with van der Waals surface area (Å²) < 4.78 is 6.42. The first-order chi connectivity index (χ1) is 19.3. The second-order valence-corrected chi connectivity index (χ2v) is 10.8. The summed E-state index contributed by atoms with van der Waals surface area (Å²) in [7, 11) is 0. The highest BCUT2D eigenvalue weighted by atomic mass is 16.5. The number of rotatable bonds is 3. The molecule has 2 aliphatic rings. The molecule has 0 bridgehead atoms. The van der Waals surface area contributed by atoms with Crippen molar-refractivity contribution in [1.29, 1.82) is 0 Å². The van der Waals surface area contributed by atoms with Crippen LogP contribution in [0, 0.1) is 0 Å². The van der Waals surface area contributed by atoms with Gasteiger partial charge in [0.15, 0.2) is 11.6 Å². The Balaban J connectivity index is 1.22. The molecule has 39 heavy (non-hydrogen) atoms. The summed E-state index contributed by atoms with van der Waals surface area (Å²) in [4.78, 5) is 15.2. The van der Waals surface area contributed by atoms with Crippen LogP contribution in [0.2, 0.25) is 0 Å². The predicted molar refractivity (Wildman–Crippen MR) is 156 cm³/mol. The predicted octanol–water partition coefficient (Wildman–Crippen LogP) is 8.32.